The average Bonchev–Trinajstić information content (AvgIpc) is 2.81. The van der Waals surface area contributed by atoms with Crippen LogP contribution in [-0.2, 0) is 0 Å². The van der Waals surface area contributed by atoms with Crippen LogP contribution in [0.5, 0.6) is 11.5 Å². The van der Waals surface area contributed by atoms with Gasteiger partial charge in [-0.3, -0.25) is 4.79 Å². The summed E-state index contributed by atoms with van der Waals surface area (Å²) in [6.45, 7) is 4.63. The molecule has 6 heteroatoms. The van der Waals surface area contributed by atoms with E-state index in [1.165, 1.54) is 6.21 Å². The number of rotatable bonds is 9. The summed E-state index contributed by atoms with van der Waals surface area (Å²) in [6.07, 6.45) is 3.58. The first-order valence-corrected chi connectivity index (χ1v) is 10.5. The lowest BCUT2D eigenvalue weighted by molar-refractivity contribution is 0.0734. The SMILES string of the molecule is CCCCOc1ccc(C(=O)Oc2ccc(C=NNC(=O)c3ccccc3C)cc2)cc1. The van der Waals surface area contributed by atoms with E-state index in [-0.39, 0.29) is 5.91 Å². The van der Waals surface area contributed by atoms with Crippen LogP contribution in [0, 0.1) is 6.92 Å². The van der Waals surface area contributed by atoms with Crippen molar-refractivity contribution in [3.63, 3.8) is 0 Å². The highest BCUT2D eigenvalue weighted by Crippen LogP contribution is 2.17. The normalized spacial score (nSPS) is 10.7. The number of amides is 1. The van der Waals surface area contributed by atoms with E-state index < -0.39 is 5.97 Å². The molecule has 3 aromatic rings. The molecule has 0 aliphatic rings. The van der Waals surface area contributed by atoms with Crippen LogP contribution in [0.15, 0.2) is 77.9 Å². The largest absolute Gasteiger partial charge is 0.494 e. The maximum absolute atomic E-state index is 12.3. The third-order valence-corrected chi connectivity index (χ3v) is 4.72. The van der Waals surface area contributed by atoms with Gasteiger partial charge in [-0.2, -0.15) is 5.10 Å². The van der Waals surface area contributed by atoms with E-state index in [0.717, 1.165) is 29.7 Å². The van der Waals surface area contributed by atoms with Gasteiger partial charge in [0.1, 0.15) is 11.5 Å². The standard InChI is InChI=1S/C26H26N2O4/c1-3-4-17-31-22-15-11-21(12-16-22)26(30)32-23-13-9-20(10-14-23)18-27-28-25(29)24-8-6-5-7-19(24)2/h5-16,18H,3-4,17H2,1-2H3,(H,28,29). The molecule has 0 saturated carbocycles. The Balaban J connectivity index is 1.52. The summed E-state index contributed by atoms with van der Waals surface area (Å²) in [6, 6.07) is 21.0. The molecular formula is C26H26N2O4. The van der Waals surface area contributed by atoms with Gasteiger partial charge in [-0.25, -0.2) is 10.2 Å². The minimum absolute atomic E-state index is 0.272. The molecule has 0 heterocycles. The minimum Gasteiger partial charge on any atom is -0.494 e. The Hall–Kier alpha value is -3.93. The molecule has 0 spiro atoms. The van der Waals surface area contributed by atoms with Gasteiger partial charge in [-0.15, -0.1) is 0 Å². The van der Waals surface area contributed by atoms with E-state index >= 15 is 0 Å². The van der Waals surface area contributed by atoms with Crippen LogP contribution in [0.1, 0.15) is 51.6 Å². The first kappa shape index (κ1) is 22.7. The summed E-state index contributed by atoms with van der Waals surface area (Å²) >= 11 is 0. The van der Waals surface area contributed by atoms with Crippen molar-refractivity contribution < 1.29 is 19.1 Å². The Morgan fingerprint density at radius 2 is 1.62 bits per heavy atom. The molecule has 0 saturated heterocycles. The predicted octanol–water partition coefficient (Wildman–Crippen LogP) is 5.16. The highest BCUT2D eigenvalue weighted by molar-refractivity contribution is 5.96. The van der Waals surface area contributed by atoms with E-state index in [4.69, 9.17) is 9.47 Å². The van der Waals surface area contributed by atoms with Crippen molar-refractivity contribution in [3.8, 4) is 11.5 Å². The summed E-state index contributed by atoms with van der Waals surface area (Å²) in [5.74, 6) is 0.427. The lowest BCUT2D eigenvalue weighted by Crippen LogP contribution is -2.18. The molecule has 0 unspecified atom stereocenters. The predicted molar refractivity (Wildman–Crippen MR) is 124 cm³/mol. The van der Waals surface area contributed by atoms with E-state index in [1.807, 2.05) is 19.1 Å². The molecule has 3 rings (SSSR count). The van der Waals surface area contributed by atoms with Crippen LogP contribution >= 0.6 is 0 Å². The van der Waals surface area contributed by atoms with Crippen molar-refractivity contribution >= 4 is 18.1 Å². The van der Waals surface area contributed by atoms with Gasteiger partial charge in [0.2, 0.25) is 0 Å². The molecule has 3 aromatic carbocycles. The third kappa shape index (κ3) is 6.54. The Labute approximate surface area is 187 Å². The zero-order valence-corrected chi connectivity index (χ0v) is 18.2. The molecule has 0 bridgehead atoms. The van der Waals surface area contributed by atoms with E-state index in [1.54, 1.807) is 60.7 Å². The van der Waals surface area contributed by atoms with Gasteiger partial charge in [0.25, 0.3) is 5.91 Å². The fourth-order valence-electron chi connectivity index (χ4n) is 2.86. The Morgan fingerprint density at radius 3 is 2.31 bits per heavy atom. The van der Waals surface area contributed by atoms with E-state index in [9.17, 15) is 9.59 Å². The molecule has 0 aliphatic carbocycles. The van der Waals surface area contributed by atoms with Gasteiger partial charge in [0.05, 0.1) is 18.4 Å². The number of hydrogen-bond donors (Lipinski definition) is 1. The molecule has 0 aromatic heterocycles. The zero-order chi connectivity index (χ0) is 22.8. The average molecular weight is 431 g/mol. The second-order valence-corrected chi connectivity index (χ2v) is 7.20. The maximum Gasteiger partial charge on any atom is 0.343 e. The number of nitrogens with zero attached hydrogens (tertiary/aromatic N) is 1. The lowest BCUT2D eigenvalue weighted by atomic mass is 10.1. The first-order valence-electron chi connectivity index (χ1n) is 10.5. The number of nitrogens with one attached hydrogen (secondary N) is 1. The number of carbonyl (C=O) groups is 2. The van der Waals surface area contributed by atoms with Crippen molar-refractivity contribution in [1.82, 2.24) is 5.43 Å². The third-order valence-electron chi connectivity index (χ3n) is 4.72. The minimum atomic E-state index is -0.447. The van der Waals surface area contributed by atoms with Crippen molar-refractivity contribution in [2.75, 3.05) is 6.61 Å². The number of hydrogen-bond acceptors (Lipinski definition) is 5. The quantitative estimate of drug-likeness (QED) is 0.167. The molecule has 1 amide bonds. The molecule has 1 N–H and O–H groups in total. The summed E-state index contributed by atoms with van der Waals surface area (Å²) in [7, 11) is 0. The first-order chi connectivity index (χ1) is 15.6. The van der Waals surface area contributed by atoms with Crippen LogP contribution in [-0.4, -0.2) is 24.7 Å². The number of aryl methyl sites for hydroxylation is 1. The zero-order valence-electron chi connectivity index (χ0n) is 18.2. The number of carbonyl (C=O) groups excluding carboxylic acids is 2. The van der Waals surface area contributed by atoms with Crippen LogP contribution in [0.3, 0.4) is 0 Å². The van der Waals surface area contributed by atoms with Gasteiger partial charge in [0, 0.05) is 5.56 Å². The van der Waals surface area contributed by atoms with Crippen LogP contribution in [0.2, 0.25) is 0 Å². The summed E-state index contributed by atoms with van der Waals surface area (Å²) in [4.78, 5) is 24.5. The summed E-state index contributed by atoms with van der Waals surface area (Å²) in [5, 5.41) is 3.99. The Bertz CT molecular complexity index is 1070. The molecule has 0 aliphatic heterocycles. The summed E-state index contributed by atoms with van der Waals surface area (Å²) < 4.78 is 11.0. The topological polar surface area (TPSA) is 77.0 Å². The highest BCUT2D eigenvalue weighted by Gasteiger charge is 2.09. The highest BCUT2D eigenvalue weighted by atomic mass is 16.5. The molecule has 0 fully saturated rings. The molecule has 164 valence electrons. The number of ether oxygens (including phenoxy) is 2. The van der Waals surface area contributed by atoms with Crippen molar-refractivity contribution in [1.29, 1.82) is 0 Å². The maximum atomic E-state index is 12.3. The molecular weight excluding hydrogens is 404 g/mol. The van der Waals surface area contributed by atoms with Crippen LogP contribution in [0.4, 0.5) is 0 Å². The molecule has 6 nitrogen and oxygen atoms in total. The second-order valence-electron chi connectivity index (χ2n) is 7.20. The van der Waals surface area contributed by atoms with Gasteiger partial charge >= 0.3 is 5.97 Å². The fourth-order valence-corrected chi connectivity index (χ4v) is 2.86. The molecule has 0 radical (unpaired) electrons. The summed E-state index contributed by atoms with van der Waals surface area (Å²) in [5.41, 5.74) is 5.16. The monoisotopic (exact) mass is 430 g/mol. The number of unbranched alkanes of at least 4 members (excludes halogenated alkanes) is 1. The smallest absolute Gasteiger partial charge is 0.343 e. The van der Waals surface area contributed by atoms with Gasteiger partial charge in [-0.05, 0) is 79.1 Å². The van der Waals surface area contributed by atoms with Crippen molar-refractivity contribution in [3.05, 3.63) is 95.1 Å². The number of hydrazone groups is 1. The van der Waals surface area contributed by atoms with E-state index in [0.29, 0.717) is 23.5 Å². The van der Waals surface area contributed by atoms with Gasteiger partial charge in [0.15, 0.2) is 0 Å². The molecule has 32 heavy (non-hydrogen) atoms. The van der Waals surface area contributed by atoms with Crippen molar-refractivity contribution in [2.45, 2.75) is 26.7 Å². The number of esters is 1. The fraction of sp³-hybridized carbons (Fsp3) is 0.192. The Kier molecular flexibility index (Phi) is 8.15. The molecule has 0 atom stereocenters. The Morgan fingerprint density at radius 1 is 0.938 bits per heavy atom. The van der Waals surface area contributed by atoms with E-state index in [2.05, 4.69) is 17.5 Å². The lowest BCUT2D eigenvalue weighted by Gasteiger charge is -2.07. The number of benzene rings is 3. The van der Waals surface area contributed by atoms with Crippen LogP contribution in [0.25, 0.3) is 0 Å². The van der Waals surface area contributed by atoms with Crippen molar-refractivity contribution in [2.24, 2.45) is 5.10 Å². The van der Waals surface area contributed by atoms with Gasteiger partial charge < -0.3 is 9.47 Å². The van der Waals surface area contributed by atoms with Gasteiger partial charge in [-0.1, -0.05) is 31.5 Å². The van der Waals surface area contributed by atoms with Crippen LogP contribution < -0.4 is 14.9 Å². The second kappa shape index (κ2) is 11.5.